The zero-order chi connectivity index (χ0) is 13.3. The smallest absolute Gasteiger partial charge is 0.249 e. The van der Waals surface area contributed by atoms with E-state index >= 15 is 0 Å². The summed E-state index contributed by atoms with van der Waals surface area (Å²) in [4.78, 5) is 9.66. The van der Waals surface area contributed by atoms with E-state index in [1.165, 1.54) is 6.07 Å². The molecule has 0 N–H and O–H groups in total. The van der Waals surface area contributed by atoms with Gasteiger partial charge in [-0.25, -0.2) is 18.7 Å². The minimum absolute atomic E-state index is 0.573. The molecule has 1 aromatic carbocycles. The van der Waals surface area contributed by atoms with Gasteiger partial charge in [-0.15, -0.1) is 0 Å². The summed E-state index contributed by atoms with van der Waals surface area (Å²) in [6, 6.07) is 1.34. The van der Waals surface area contributed by atoms with Gasteiger partial charge in [-0.1, -0.05) is 0 Å². The fourth-order valence-electron chi connectivity index (χ4n) is 1.30. The molecule has 3 nitrogen and oxygen atoms in total. The molecule has 1 heterocycles. The molecule has 0 fully saturated rings. The molecule has 8 heteroatoms. The molecule has 0 saturated heterocycles. The third-order valence-electron chi connectivity index (χ3n) is 2.09. The maximum Gasteiger partial charge on any atom is 0.249 e. The highest BCUT2D eigenvalue weighted by Gasteiger charge is 2.29. The Balaban J connectivity index is 2.78. The molecule has 0 atom stereocenters. The molecule has 0 spiro atoms. The van der Waals surface area contributed by atoms with E-state index in [0.29, 0.717) is 0 Å². The van der Waals surface area contributed by atoms with Crippen molar-refractivity contribution >= 4 is 0 Å². The lowest BCUT2D eigenvalue weighted by atomic mass is 10.1. The first-order chi connectivity index (χ1) is 8.57. The van der Waals surface area contributed by atoms with Crippen molar-refractivity contribution in [2.45, 2.75) is 0 Å². The Morgan fingerprint density at radius 3 is 1.78 bits per heavy atom. The molecule has 0 aliphatic carbocycles. The maximum atomic E-state index is 13.5. The minimum atomic E-state index is -2.00. The van der Waals surface area contributed by atoms with Crippen LogP contribution in [-0.4, -0.2) is 9.97 Å². The predicted octanol–water partition coefficient (Wildman–Crippen LogP) is 2.96. The van der Waals surface area contributed by atoms with Crippen LogP contribution in [0, 0.1) is 23.3 Å². The largest absolute Gasteiger partial charge is 0.288 e. The Morgan fingerprint density at radius 2 is 1.33 bits per heavy atom. The van der Waals surface area contributed by atoms with E-state index in [4.69, 9.17) is 0 Å². The molecule has 0 unspecified atom stereocenters. The summed E-state index contributed by atoms with van der Waals surface area (Å²) in [6.07, 6.45) is 2.24. The fourth-order valence-corrected chi connectivity index (χ4v) is 1.30. The van der Waals surface area contributed by atoms with Crippen molar-refractivity contribution < 1.29 is 27.0 Å². The average molecular weight is 262 g/mol. The van der Waals surface area contributed by atoms with Crippen molar-refractivity contribution in [1.82, 2.24) is 9.97 Å². The van der Waals surface area contributed by atoms with Gasteiger partial charge < -0.3 is 0 Å². The second kappa shape index (κ2) is 4.55. The van der Waals surface area contributed by atoms with Gasteiger partial charge in [0.25, 0.3) is 0 Å². The van der Waals surface area contributed by atoms with Crippen molar-refractivity contribution in [3.63, 3.8) is 0 Å². The number of benzene rings is 1. The van der Waals surface area contributed by atoms with Crippen LogP contribution in [0.2, 0.25) is 0 Å². The van der Waals surface area contributed by atoms with Gasteiger partial charge in [0.05, 0.1) is 5.56 Å². The Bertz CT molecular complexity index is 562. The van der Waals surface area contributed by atoms with E-state index < -0.39 is 40.4 Å². The summed E-state index contributed by atoms with van der Waals surface area (Å²) in [6.45, 7) is 0. The Labute approximate surface area is 96.8 Å². The third kappa shape index (κ3) is 1.75. The molecule has 0 saturated carbocycles. The second-order valence-electron chi connectivity index (χ2n) is 3.11. The van der Waals surface area contributed by atoms with Gasteiger partial charge in [0.1, 0.15) is 0 Å². The first-order valence-electron chi connectivity index (χ1n) is 4.49. The zero-order valence-electron chi connectivity index (χ0n) is 8.42. The number of hydrogen-bond donors (Lipinski definition) is 0. The van der Waals surface area contributed by atoms with E-state index in [1.807, 2.05) is 0 Å². The lowest BCUT2D eigenvalue weighted by molar-refractivity contribution is -0.0168. The molecule has 18 heavy (non-hydrogen) atoms. The number of rotatable bonds is 2. The summed E-state index contributed by atoms with van der Waals surface area (Å²) < 4.78 is 65.1. The van der Waals surface area contributed by atoms with Gasteiger partial charge in [-0.2, -0.15) is 8.78 Å². The molecule has 94 valence electrons. The predicted molar refractivity (Wildman–Crippen MR) is 49.0 cm³/mol. The van der Waals surface area contributed by atoms with E-state index in [-0.39, 0.29) is 0 Å². The topological polar surface area (TPSA) is 35.0 Å². The number of nitrogens with zero attached hydrogens (tertiary/aromatic N) is 2. The quantitative estimate of drug-likeness (QED) is 0.616. The fraction of sp³-hybridized carbons (Fsp3) is 0. The van der Waals surface area contributed by atoms with Crippen LogP contribution in [0.3, 0.4) is 0 Å². The van der Waals surface area contributed by atoms with Crippen LogP contribution in [0.5, 0.6) is 5.75 Å². The van der Waals surface area contributed by atoms with Gasteiger partial charge in [-0.05, 0) is 6.07 Å². The molecular formula is C10H3F5N2O. The molecule has 1 aromatic heterocycles. The van der Waals surface area contributed by atoms with Crippen LogP contribution >= 0.6 is 0 Å². The molecule has 0 radical (unpaired) electrons. The monoisotopic (exact) mass is 262 g/mol. The Hall–Kier alpha value is -2.25. The number of aromatic nitrogens is 2. The standard InChI is InChI=1S/C10H3F5N2O/c11-5-4(10-16-2-1-3-17-10)6(12)8(14)9(18-15)7(5)13/h1-3H. The lowest BCUT2D eigenvalue weighted by Crippen LogP contribution is -2.04. The summed E-state index contributed by atoms with van der Waals surface area (Å²) in [7, 11) is 0. The summed E-state index contributed by atoms with van der Waals surface area (Å²) in [5.74, 6) is -10.0. The van der Waals surface area contributed by atoms with Gasteiger partial charge >= 0.3 is 0 Å². The van der Waals surface area contributed by atoms with Gasteiger partial charge in [0, 0.05) is 16.9 Å². The number of halogens is 5. The highest BCUT2D eigenvalue weighted by Crippen LogP contribution is 2.34. The van der Waals surface area contributed by atoms with Crippen molar-refractivity contribution in [3.05, 3.63) is 41.7 Å². The molecule has 0 bridgehead atoms. The molecule has 2 rings (SSSR count). The molecular weight excluding hydrogens is 259 g/mol. The molecule has 2 aromatic rings. The maximum absolute atomic E-state index is 13.5. The average Bonchev–Trinajstić information content (AvgIpc) is 2.39. The van der Waals surface area contributed by atoms with Gasteiger partial charge in [0.15, 0.2) is 17.5 Å². The van der Waals surface area contributed by atoms with E-state index in [2.05, 4.69) is 14.9 Å². The van der Waals surface area contributed by atoms with E-state index in [9.17, 15) is 22.1 Å². The minimum Gasteiger partial charge on any atom is -0.288 e. The van der Waals surface area contributed by atoms with Crippen molar-refractivity contribution in [1.29, 1.82) is 0 Å². The summed E-state index contributed by atoms with van der Waals surface area (Å²) in [5.41, 5.74) is -1.13. The van der Waals surface area contributed by atoms with Crippen LogP contribution in [0.4, 0.5) is 22.1 Å². The first-order valence-corrected chi connectivity index (χ1v) is 4.49. The highest BCUT2D eigenvalue weighted by molar-refractivity contribution is 5.59. The van der Waals surface area contributed by atoms with E-state index in [1.54, 1.807) is 0 Å². The van der Waals surface area contributed by atoms with Crippen molar-refractivity contribution in [2.75, 3.05) is 0 Å². The third-order valence-corrected chi connectivity index (χ3v) is 2.09. The van der Waals surface area contributed by atoms with Crippen molar-refractivity contribution in [3.8, 4) is 17.1 Å². The summed E-state index contributed by atoms with van der Waals surface area (Å²) in [5, 5.41) is 0. The highest BCUT2D eigenvalue weighted by atomic mass is 19.3. The van der Waals surface area contributed by atoms with Crippen LogP contribution < -0.4 is 4.94 Å². The van der Waals surface area contributed by atoms with Gasteiger partial charge in [-0.3, -0.25) is 4.94 Å². The normalized spacial score (nSPS) is 10.5. The molecule has 0 aliphatic rings. The molecule has 0 aliphatic heterocycles. The number of hydrogen-bond acceptors (Lipinski definition) is 3. The van der Waals surface area contributed by atoms with Gasteiger partial charge in [0.2, 0.25) is 17.4 Å². The Kier molecular flexibility index (Phi) is 3.09. The van der Waals surface area contributed by atoms with Crippen LogP contribution in [0.15, 0.2) is 18.5 Å². The zero-order valence-corrected chi connectivity index (χ0v) is 8.42. The van der Waals surface area contributed by atoms with E-state index in [0.717, 1.165) is 12.4 Å². The lowest BCUT2D eigenvalue weighted by Gasteiger charge is -2.07. The first kappa shape index (κ1) is 12.2. The Morgan fingerprint density at radius 1 is 0.833 bits per heavy atom. The summed E-state index contributed by atoms with van der Waals surface area (Å²) >= 11 is 0. The SMILES string of the molecule is FOc1c(F)c(F)c(-c2ncccn2)c(F)c1F. The van der Waals surface area contributed by atoms with Crippen LogP contribution in [0.1, 0.15) is 0 Å². The van der Waals surface area contributed by atoms with Crippen LogP contribution in [0.25, 0.3) is 11.4 Å². The van der Waals surface area contributed by atoms with Crippen molar-refractivity contribution in [2.24, 2.45) is 0 Å². The second-order valence-corrected chi connectivity index (χ2v) is 3.11. The molecule has 0 amide bonds. The van der Waals surface area contributed by atoms with Crippen LogP contribution in [-0.2, 0) is 0 Å².